The summed E-state index contributed by atoms with van der Waals surface area (Å²) < 4.78 is 4.99. The van der Waals surface area contributed by atoms with Gasteiger partial charge in [-0.25, -0.2) is 0 Å². The van der Waals surface area contributed by atoms with E-state index in [1.165, 1.54) is 0 Å². The van der Waals surface area contributed by atoms with Gasteiger partial charge in [-0.2, -0.15) is 11.3 Å². The lowest BCUT2D eigenvalue weighted by molar-refractivity contribution is 0.0952. The van der Waals surface area contributed by atoms with Gasteiger partial charge in [0, 0.05) is 23.9 Å². The number of methoxy groups -OCH3 is 1. The summed E-state index contributed by atoms with van der Waals surface area (Å²) >= 11 is 5.03. The number of carbonyl (C=O) groups is 1. The van der Waals surface area contributed by atoms with Gasteiger partial charge in [0.15, 0.2) is 0 Å². The molecule has 16 heavy (non-hydrogen) atoms. The van der Waals surface area contributed by atoms with Crippen molar-refractivity contribution in [2.24, 2.45) is 0 Å². The molecule has 1 atom stereocenters. The van der Waals surface area contributed by atoms with E-state index < -0.39 is 0 Å². The van der Waals surface area contributed by atoms with Crippen LogP contribution in [0.1, 0.15) is 22.3 Å². The van der Waals surface area contributed by atoms with Crippen LogP contribution in [-0.2, 0) is 4.74 Å². The summed E-state index contributed by atoms with van der Waals surface area (Å²) in [4.78, 5) is 12.0. The van der Waals surface area contributed by atoms with Crippen molar-refractivity contribution in [2.75, 3.05) is 20.3 Å². The van der Waals surface area contributed by atoms with Gasteiger partial charge in [-0.1, -0.05) is 15.9 Å². The molecule has 1 unspecified atom stereocenters. The summed E-state index contributed by atoms with van der Waals surface area (Å²) in [6, 6.07) is 0. The third-order valence-electron chi connectivity index (χ3n) is 2.19. The largest absolute Gasteiger partial charge is 0.384 e. The monoisotopic (exact) mass is 305 g/mol. The summed E-state index contributed by atoms with van der Waals surface area (Å²) in [6.45, 7) is 3.27. The third-order valence-corrected chi connectivity index (χ3v) is 3.77. The van der Waals surface area contributed by atoms with E-state index in [0.29, 0.717) is 18.0 Å². The Bertz CT molecular complexity index is 340. The fraction of sp³-hybridized carbons (Fsp3) is 0.545. The lowest BCUT2D eigenvalue weighted by atomic mass is 10.2. The Labute approximate surface area is 108 Å². The highest BCUT2D eigenvalue weighted by Crippen LogP contribution is 2.13. The summed E-state index contributed by atoms with van der Waals surface area (Å²) in [7, 11) is 1.67. The van der Waals surface area contributed by atoms with Gasteiger partial charge in [0.05, 0.1) is 12.2 Å². The first kappa shape index (κ1) is 13.7. The smallest absolute Gasteiger partial charge is 0.252 e. The number of thiophene rings is 1. The molecule has 0 saturated carbocycles. The number of nitrogens with one attached hydrogen (secondary N) is 1. The van der Waals surface area contributed by atoms with Gasteiger partial charge < -0.3 is 10.1 Å². The quantitative estimate of drug-likeness (QED) is 0.820. The van der Waals surface area contributed by atoms with Crippen molar-refractivity contribution >= 4 is 33.2 Å². The molecule has 0 aliphatic carbocycles. The molecule has 0 spiro atoms. The zero-order chi connectivity index (χ0) is 12.0. The van der Waals surface area contributed by atoms with Crippen molar-refractivity contribution in [3.05, 3.63) is 21.9 Å². The van der Waals surface area contributed by atoms with Gasteiger partial charge in [-0.3, -0.25) is 4.79 Å². The molecule has 5 heteroatoms. The number of hydrogen-bond donors (Lipinski definition) is 1. The first-order valence-electron chi connectivity index (χ1n) is 5.09. The van der Waals surface area contributed by atoms with Crippen molar-refractivity contribution < 1.29 is 9.53 Å². The molecule has 1 N–H and O–H groups in total. The minimum Gasteiger partial charge on any atom is -0.384 e. The van der Waals surface area contributed by atoms with Crippen LogP contribution < -0.4 is 5.32 Å². The molecular weight excluding hydrogens is 290 g/mol. The Morgan fingerprint density at radius 1 is 1.62 bits per heavy atom. The van der Waals surface area contributed by atoms with Crippen LogP contribution in [0.15, 0.2) is 10.8 Å². The molecule has 0 aromatic carbocycles. The van der Waals surface area contributed by atoms with Crippen LogP contribution in [0.4, 0.5) is 0 Å². The van der Waals surface area contributed by atoms with Gasteiger partial charge in [0.1, 0.15) is 0 Å². The Morgan fingerprint density at radius 2 is 2.38 bits per heavy atom. The van der Waals surface area contributed by atoms with E-state index in [9.17, 15) is 4.79 Å². The molecule has 1 aromatic heterocycles. The van der Waals surface area contributed by atoms with Crippen LogP contribution in [0.2, 0.25) is 0 Å². The minimum atomic E-state index is 0.0101. The second-order valence-electron chi connectivity index (χ2n) is 3.57. The number of rotatable bonds is 6. The lowest BCUT2D eigenvalue weighted by Crippen LogP contribution is -2.27. The second-order valence-corrected chi connectivity index (χ2v) is 5.60. The van der Waals surface area contributed by atoms with Crippen molar-refractivity contribution in [1.29, 1.82) is 0 Å². The van der Waals surface area contributed by atoms with Crippen LogP contribution in [0.25, 0.3) is 0 Å². The maximum Gasteiger partial charge on any atom is 0.252 e. The van der Waals surface area contributed by atoms with Crippen LogP contribution >= 0.6 is 27.3 Å². The maximum absolute atomic E-state index is 11.7. The number of aryl methyl sites for hydroxylation is 1. The molecule has 0 aliphatic rings. The predicted octanol–water partition coefficient (Wildman–Crippen LogP) is 2.59. The van der Waals surface area contributed by atoms with Crippen molar-refractivity contribution in [2.45, 2.75) is 18.2 Å². The van der Waals surface area contributed by atoms with Gasteiger partial charge in [-0.15, -0.1) is 0 Å². The van der Waals surface area contributed by atoms with Crippen LogP contribution in [0, 0.1) is 6.92 Å². The average Bonchev–Trinajstić information content (AvgIpc) is 2.64. The summed E-state index contributed by atoms with van der Waals surface area (Å²) in [5.41, 5.74) is 1.82. The molecule has 0 fully saturated rings. The van der Waals surface area contributed by atoms with E-state index in [-0.39, 0.29) is 5.91 Å². The molecule has 1 amide bonds. The van der Waals surface area contributed by atoms with E-state index in [1.54, 1.807) is 18.4 Å². The average molecular weight is 306 g/mol. The Hall–Kier alpha value is -0.390. The molecule has 1 rings (SSSR count). The van der Waals surface area contributed by atoms with E-state index in [1.807, 2.05) is 17.7 Å². The normalized spacial score (nSPS) is 12.4. The van der Waals surface area contributed by atoms with Crippen LogP contribution in [0.3, 0.4) is 0 Å². The van der Waals surface area contributed by atoms with Gasteiger partial charge in [-0.05, 0) is 24.3 Å². The van der Waals surface area contributed by atoms with Gasteiger partial charge in [0.25, 0.3) is 5.91 Å². The number of ether oxygens (including phenoxy) is 1. The summed E-state index contributed by atoms with van der Waals surface area (Å²) in [6.07, 6.45) is 0.864. The van der Waals surface area contributed by atoms with E-state index >= 15 is 0 Å². The minimum absolute atomic E-state index is 0.0101. The van der Waals surface area contributed by atoms with Gasteiger partial charge in [0.2, 0.25) is 0 Å². The molecule has 0 bridgehead atoms. The molecule has 1 heterocycles. The molecule has 90 valence electrons. The highest BCUT2D eigenvalue weighted by atomic mass is 79.9. The van der Waals surface area contributed by atoms with Crippen molar-refractivity contribution in [1.82, 2.24) is 5.32 Å². The van der Waals surface area contributed by atoms with E-state index in [0.717, 1.165) is 17.5 Å². The van der Waals surface area contributed by atoms with Crippen LogP contribution in [-0.4, -0.2) is 31.0 Å². The molecule has 0 aliphatic heterocycles. The number of carbonyl (C=O) groups excluding carboxylic acids is 1. The van der Waals surface area contributed by atoms with Crippen LogP contribution in [0.5, 0.6) is 0 Å². The lowest BCUT2D eigenvalue weighted by Gasteiger charge is -2.09. The van der Waals surface area contributed by atoms with Crippen molar-refractivity contribution in [3.63, 3.8) is 0 Å². The van der Waals surface area contributed by atoms with E-state index in [2.05, 4.69) is 21.2 Å². The topological polar surface area (TPSA) is 38.3 Å². The number of hydrogen-bond acceptors (Lipinski definition) is 3. The summed E-state index contributed by atoms with van der Waals surface area (Å²) in [5, 5.41) is 6.76. The van der Waals surface area contributed by atoms with Gasteiger partial charge >= 0.3 is 0 Å². The standard InChI is InChI=1S/C11H16BrNO2S/c1-8-6-16-7-10(8)11(14)13-4-3-9(12)5-15-2/h6-7,9H,3-5H2,1-2H3,(H,13,14). The Kier molecular flexibility index (Phi) is 6.01. The zero-order valence-corrected chi connectivity index (χ0v) is 11.9. The van der Waals surface area contributed by atoms with E-state index in [4.69, 9.17) is 4.74 Å². The Balaban J connectivity index is 2.29. The fourth-order valence-corrected chi connectivity index (χ4v) is 2.62. The summed E-state index contributed by atoms with van der Waals surface area (Å²) in [5.74, 6) is 0.0101. The first-order chi connectivity index (χ1) is 7.65. The molecule has 3 nitrogen and oxygen atoms in total. The third kappa shape index (κ3) is 4.23. The number of halogens is 1. The zero-order valence-electron chi connectivity index (χ0n) is 9.46. The maximum atomic E-state index is 11.7. The molecule has 0 saturated heterocycles. The Morgan fingerprint density at radius 3 is 2.94 bits per heavy atom. The predicted molar refractivity (Wildman–Crippen MR) is 70.6 cm³/mol. The second kappa shape index (κ2) is 7.04. The molecular formula is C11H16BrNO2S. The fourth-order valence-electron chi connectivity index (χ4n) is 1.29. The number of alkyl halides is 1. The molecule has 1 aromatic rings. The SMILES string of the molecule is COCC(Br)CCNC(=O)c1cscc1C. The number of amides is 1. The van der Waals surface area contributed by atoms with Crippen molar-refractivity contribution in [3.8, 4) is 0 Å². The highest BCUT2D eigenvalue weighted by molar-refractivity contribution is 9.09. The first-order valence-corrected chi connectivity index (χ1v) is 6.95. The molecule has 0 radical (unpaired) electrons. The highest BCUT2D eigenvalue weighted by Gasteiger charge is 2.10.